The number of amides is 1. The summed E-state index contributed by atoms with van der Waals surface area (Å²) in [5.74, 6) is 0.0240. The molecule has 0 bridgehead atoms. The number of carbonyl (C=O) groups is 1. The molecule has 1 heterocycles. The number of thiophene rings is 1. The zero-order chi connectivity index (χ0) is 14.8. The summed E-state index contributed by atoms with van der Waals surface area (Å²) in [4.78, 5) is 13.4. The van der Waals surface area contributed by atoms with Crippen molar-refractivity contribution in [3.8, 4) is 0 Å². The Balaban J connectivity index is 1.56. The van der Waals surface area contributed by atoms with Crippen molar-refractivity contribution in [2.45, 2.75) is 32.2 Å². The lowest BCUT2D eigenvalue weighted by atomic mass is 10.1. The molecule has 0 spiro atoms. The summed E-state index contributed by atoms with van der Waals surface area (Å²) >= 11 is 1.68. The van der Waals surface area contributed by atoms with Gasteiger partial charge in [-0.1, -0.05) is 19.1 Å². The van der Waals surface area contributed by atoms with E-state index < -0.39 is 0 Å². The van der Waals surface area contributed by atoms with Crippen LogP contribution in [-0.4, -0.2) is 5.91 Å². The molecular weight excluding hydrogens is 285 g/mol. The zero-order valence-electron chi connectivity index (χ0n) is 11.9. The second-order valence-electron chi connectivity index (χ2n) is 5.44. The van der Waals surface area contributed by atoms with E-state index in [9.17, 15) is 9.18 Å². The van der Waals surface area contributed by atoms with Crippen molar-refractivity contribution in [2.75, 3.05) is 0 Å². The maximum absolute atomic E-state index is 13.2. The molecule has 1 aromatic carbocycles. The van der Waals surface area contributed by atoms with Crippen LogP contribution < -0.4 is 5.32 Å². The highest BCUT2D eigenvalue weighted by molar-refractivity contribution is 7.10. The molecule has 1 saturated carbocycles. The molecular formula is C17H18FNOS. The lowest BCUT2D eigenvalue weighted by Crippen LogP contribution is -2.24. The molecule has 110 valence electrons. The number of halogens is 1. The number of benzene rings is 1. The van der Waals surface area contributed by atoms with Crippen LogP contribution in [0.3, 0.4) is 0 Å². The first kappa shape index (κ1) is 14.3. The summed E-state index contributed by atoms with van der Waals surface area (Å²) in [6.07, 6.45) is 1.81. The monoisotopic (exact) mass is 303 g/mol. The molecule has 4 heteroatoms. The third-order valence-corrected chi connectivity index (χ3v) is 5.01. The minimum absolute atomic E-state index is 0.00293. The first-order chi connectivity index (χ1) is 10.2. The minimum atomic E-state index is -0.232. The van der Waals surface area contributed by atoms with Gasteiger partial charge in [0.2, 0.25) is 5.91 Å². The summed E-state index contributed by atoms with van der Waals surface area (Å²) in [7, 11) is 0. The van der Waals surface area contributed by atoms with E-state index in [1.54, 1.807) is 17.4 Å². The highest BCUT2D eigenvalue weighted by Gasteiger charge is 2.43. The average Bonchev–Trinajstić information content (AvgIpc) is 3.16. The Kier molecular flexibility index (Phi) is 4.06. The van der Waals surface area contributed by atoms with Crippen molar-refractivity contribution in [2.24, 2.45) is 5.92 Å². The molecule has 1 aromatic heterocycles. The van der Waals surface area contributed by atoms with Crippen molar-refractivity contribution in [3.63, 3.8) is 0 Å². The summed E-state index contributed by atoms with van der Waals surface area (Å²) < 4.78 is 13.2. The van der Waals surface area contributed by atoms with Gasteiger partial charge in [0.1, 0.15) is 5.82 Å². The Morgan fingerprint density at radius 3 is 3.05 bits per heavy atom. The molecule has 2 aromatic rings. The van der Waals surface area contributed by atoms with Gasteiger partial charge in [-0.3, -0.25) is 4.79 Å². The van der Waals surface area contributed by atoms with Crippen LogP contribution in [0.4, 0.5) is 4.39 Å². The van der Waals surface area contributed by atoms with Crippen molar-refractivity contribution in [1.82, 2.24) is 5.32 Å². The highest BCUT2D eigenvalue weighted by Crippen LogP contribution is 2.47. The first-order valence-corrected chi connectivity index (χ1v) is 8.15. The second-order valence-corrected chi connectivity index (χ2v) is 6.44. The van der Waals surface area contributed by atoms with Crippen LogP contribution in [0.1, 0.15) is 35.3 Å². The zero-order valence-corrected chi connectivity index (χ0v) is 12.8. The molecule has 3 rings (SSSR count). The van der Waals surface area contributed by atoms with Gasteiger partial charge >= 0.3 is 0 Å². The lowest BCUT2D eigenvalue weighted by Gasteiger charge is -2.05. The van der Waals surface area contributed by atoms with E-state index in [4.69, 9.17) is 0 Å². The number of aryl methyl sites for hydroxylation is 1. The van der Waals surface area contributed by atoms with Crippen LogP contribution in [0.15, 0.2) is 35.7 Å². The summed E-state index contributed by atoms with van der Waals surface area (Å²) in [6.45, 7) is 2.72. The van der Waals surface area contributed by atoms with E-state index in [-0.39, 0.29) is 23.6 Å². The molecule has 1 aliphatic rings. The number of nitrogens with one attached hydrogen (secondary N) is 1. The lowest BCUT2D eigenvalue weighted by molar-refractivity contribution is -0.122. The van der Waals surface area contributed by atoms with E-state index in [1.807, 2.05) is 6.07 Å². The summed E-state index contributed by atoms with van der Waals surface area (Å²) in [6, 6.07) is 8.68. The molecule has 2 atom stereocenters. The fraction of sp³-hybridized carbons (Fsp3) is 0.353. The number of rotatable bonds is 5. The summed E-state index contributed by atoms with van der Waals surface area (Å²) in [5.41, 5.74) is 2.23. The van der Waals surface area contributed by atoms with E-state index >= 15 is 0 Å². The molecule has 1 amide bonds. The predicted octanol–water partition coefficient (Wildman–Crippen LogP) is 3.87. The number of hydrogen-bond donors (Lipinski definition) is 1. The van der Waals surface area contributed by atoms with Crippen molar-refractivity contribution >= 4 is 17.2 Å². The SMILES string of the molecule is CCc1ccsc1CNC(=O)[C@@H]1C[C@@H]1c1cccc(F)c1. The standard InChI is InChI=1S/C17H18FNOS/c1-2-11-6-7-21-16(11)10-19-17(20)15-9-14(15)12-4-3-5-13(18)8-12/h3-8,14-15H,2,9-10H2,1H3,(H,19,20)/t14-,15-/m1/s1. The Bertz CT molecular complexity index is 652. The Labute approximate surface area is 128 Å². The summed E-state index contributed by atoms with van der Waals surface area (Å²) in [5, 5.41) is 5.08. The molecule has 1 aliphatic carbocycles. The van der Waals surface area contributed by atoms with E-state index in [2.05, 4.69) is 23.7 Å². The van der Waals surface area contributed by atoms with Crippen molar-refractivity contribution in [1.29, 1.82) is 0 Å². The first-order valence-electron chi connectivity index (χ1n) is 7.27. The van der Waals surface area contributed by atoms with Crippen LogP contribution in [0.25, 0.3) is 0 Å². The van der Waals surface area contributed by atoms with Crippen LogP contribution in [-0.2, 0) is 17.8 Å². The Morgan fingerprint density at radius 1 is 1.43 bits per heavy atom. The molecule has 21 heavy (non-hydrogen) atoms. The third-order valence-electron chi connectivity index (χ3n) is 4.05. The highest BCUT2D eigenvalue weighted by atomic mass is 32.1. The minimum Gasteiger partial charge on any atom is -0.351 e. The van der Waals surface area contributed by atoms with Crippen LogP contribution in [0, 0.1) is 11.7 Å². The van der Waals surface area contributed by atoms with Gasteiger partial charge in [-0.2, -0.15) is 0 Å². The van der Waals surface area contributed by atoms with Crippen molar-refractivity contribution in [3.05, 3.63) is 57.5 Å². The quantitative estimate of drug-likeness (QED) is 0.892. The van der Waals surface area contributed by atoms with Crippen LogP contribution in [0.5, 0.6) is 0 Å². The van der Waals surface area contributed by atoms with Gasteiger partial charge in [0, 0.05) is 10.8 Å². The molecule has 0 aliphatic heterocycles. The van der Waals surface area contributed by atoms with E-state index in [0.29, 0.717) is 6.54 Å². The van der Waals surface area contributed by atoms with Gasteiger partial charge in [0.05, 0.1) is 6.54 Å². The number of carbonyl (C=O) groups excluding carboxylic acids is 1. The Morgan fingerprint density at radius 2 is 2.29 bits per heavy atom. The molecule has 0 unspecified atom stereocenters. The van der Waals surface area contributed by atoms with Gasteiger partial charge in [-0.05, 0) is 53.5 Å². The van der Waals surface area contributed by atoms with E-state index in [1.165, 1.54) is 22.6 Å². The maximum Gasteiger partial charge on any atom is 0.224 e. The van der Waals surface area contributed by atoms with Crippen molar-refractivity contribution < 1.29 is 9.18 Å². The smallest absolute Gasteiger partial charge is 0.224 e. The molecule has 0 saturated heterocycles. The third kappa shape index (κ3) is 3.16. The predicted molar refractivity (Wildman–Crippen MR) is 82.8 cm³/mol. The van der Waals surface area contributed by atoms with Gasteiger partial charge in [0.15, 0.2) is 0 Å². The molecule has 0 radical (unpaired) electrons. The van der Waals surface area contributed by atoms with Gasteiger partial charge in [-0.25, -0.2) is 4.39 Å². The van der Waals surface area contributed by atoms with Crippen LogP contribution >= 0.6 is 11.3 Å². The molecule has 1 fully saturated rings. The van der Waals surface area contributed by atoms with Crippen LogP contribution in [0.2, 0.25) is 0 Å². The Hall–Kier alpha value is -1.68. The van der Waals surface area contributed by atoms with Gasteiger partial charge < -0.3 is 5.32 Å². The molecule has 2 nitrogen and oxygen atoms in total. The van der Waals surface area contributed by atoms with E-state index in [0.717, 1.165) is 18.4 Å². The fourth-order valence-electron chi connectivity index (χ4n) is 2.73. The maximum atomic E-state index is 13.2. The fourth-order valence-corrected chi connectivity index (χ4v) is 3.64. The largest absolute Gasteiger partial charge is 0.351 e. The van der Waals surface area contributed by atoms with Gasteiger partial charge in [-0.15, -0.1) is 11.3 Å². The van der Waals surface area contributed by atoms with Gasteiger partial charge in [0.25, 0.3) is 0 Å². The average molecular weight is 303 g/mol. The molecule has 1 N–H and O–H groups in total. The normalized spacial score (nSPS) is 20.3. The second kappa shape index (κ2) is 5.98. The topological polar surface area (TPSA) is 29.1 Å². The number of hydrogen-bond acceptors (Lipinski definition) is 2.